The van der Waals surface area contributed by atoms with Crippen LogP contribution in [0.4, 0.5) is 5.82 Å². The van der Waals surface area contributed by atoms with Crippen LogP contribution in [0.2, 0.25) is 5.15 Å². The summed E-state index contributed by atoms with van der Waals surface area (Å²) in [6.07, 6.45) is 1.66. The minimum absolute atomic E-state index is 0.239. The second-order valence-corrected chi connectivity index (χ2v) is 5.22. The molecule has 0 aliphatic rings. The molecule has 21 heavy (non-hydrogen) atoms. The molecule has 0 aliphatic carbocycles. The zero-order valence-electron chi connectivity index (χ0n) is 11.6. The Kier molecular flexibility index (Phi) is 3.35. The lowest BCUT2D eigenvalue weighted by atomic mass is 10.1. The molecule has 0 atom stereocenters. The van der Waals surface area contributed by atoms with Crippen LogP contribution in [0.5, 0.6) is 0 Å². The summed E-state index contributed by atoms with van der Waals surface area (Å²) in [5.41, 5.74) is 3.09. The number of imidazole rings is 1. The average Bonchev–Trinajstić information content (AvgIpc) is 2.81. The van der Waals surface area contributed by atoms with Crippen molar-refractivity contribution < 1.29 is 4.79 Å². The lowest BCUT2D eigenvalue weighted by Crippen LogP contribution is -2.13. The molecular formula is C15H13ClN4O. The lowest BCUT2D eigenvalue weighted by molar-refractivity contribution is 0.102. The van der Waals surface area contributed by atoms with Crippen molar-refractivity contribution in [1.29, 1.82) is 0 Å². The standard InChI is InChI=1S/C15H13ClN4O/c1-9-3-5-10(6-4-9)15(21)19-14-13-11(7-12(16)18-14)20(2)8-17-13/h3-8H,1-2H3,(H,18,19,21). The van der Waals surface area contributed by atoms with Crippen molar-refractivity contribution in [3.8, 4) is 0 Å². The maximum atomic E-state index is 12.3. The van der Waals surface area contributed by atoms with Gasteiger partial charge in [0.25, 0.3) is 5.91 Å². The Bertz CT molecular complexity index is 824. The summed E-state index contributed by atoms with van der Waals surface area (Å²) < 4.78 is 1.82. The number of aromatic nitrogens is 3. The quantitative estimate of drug-likeness (QED) is 0.739. The molecule has 1 aromatic carbocycles. The van der Waals surface area contributed by atoms with Gasteiger partial charge in [-0.15, -0.1) is 0 Å². The van der Waals surface area contributed by atoms with Gasteiger partial charge in [0.2, 0.25) is 0 Å². The number of benzene rings is 1. The third-order valence-electron chi connectivity index (χ3n) is 3.23. The van der Waals surface area contributed by atoms with E-state index in [4.69, 9.17) is 11.6 Å². The number of carbonyl (C=O) groups excluding carboxylic acids is 1. The van der Waals surface area contributed by atoms with E-state index in [0.29, 0.717) is 22.1 Å². The summed E-state index contributed by atoms with van der Waals surface area (Å²) in [5.74, 6) is 0.125. The smallest absolute Gasteiger partial charge is 0.256 e. The normalized spacial score (nSPS) is 10.8. The molecule has 0 unspecified atom stereocenters. The summed E-state index contributed by atoms with van der Waals surface area (Å²) in [5, 5.41) is 3.07. The van der Waals surface area contributed by atoms with Gasteiger partial charge in [-0.3, -0.25) is 4.79 Å². The van der Waals surface area contributed by atoms with Crippen molar-refractivity contribution >= 4 is 34.4 Å². The second kappa shape index (κ2) is 5.18. The predicted octanol–water partition coefficient (Wildman–Crippen LogP) is 3.18. The number of anilines is 1. The van der Waals surface area contributed by atoms with Gasteiger partial charge >= 0.3 is 0 Å². The first-order valence-electron chi connectivity index (χ1n) is 6.40. The largest absolute Gasteiger partial charge is 0.334 e. The maximum Gasteiger partial charge on any atom is 0.256 e. The molecule has 2 aromatic heterocycles. The highest BCUT2D eigenvalue weighted by atomic mass is 35.5. The summed E-state index contributed by atoms with van der Waals surface area (Å²) in [7, 11) is 1.86. The molecule has 106 valence electrons. The van der Waals surface area contributed by atoms with Crippen molar-refractivity contribution in [3.05, 3.63) is 52.9 Å². The van der Waals surface area contributed by atoms with Crippen LogP contribution < -0.4 is 5.32 Å². The van der Waals surface area contributed by atoms with E-state index in [1.807, 2.05) is 30.7 Å². The fraction of sp³-hybridized carbons (Fsp3) is 0.133. The number of halogens is 1. The van der Waals surface area contributed by atoms with E-state index in [1.165, 1.54) is 0 Å². The Balaban J connectivity index is 1.98. The maximum absolute atomic E-state index is 12.3. The van der Waals surface area contributed by atoms with E-state index in [0.717, 1.165) is 11.1 Å². The van der Waals surface area contributed by atoms with E-state index < -0.39 is 0 Å². The Morgan fingerprint density at radius 1 is 1.29 bits per heavy atom. The number of pyridine rings is 1. The highest BCUT2D eigenvalue weighted by molar-refractivity contribution is 6.30. The van der Waals surface area contributed by atoms with Crippen molar-refractivity contribution in [2.75, 3.05) is 5.32 Å². The Morgan fingerprint density at radius 3 is 2.71 bits per heavy atom. The van der Waals surface area contributed by atoms with Crippen LogP contribution in [0.3, 0.4) is 0 Å². The highest BCUT2D eigenvalue weighted by Gasteiger charge is 2.13. The molecule has 3 aromatic rings. The molecule has 1 N–H and O–H groups in total. The fourth-order valence-corrected chi connectivity index (χ4v) is 2.26. The number of amides is 1. The van der Waals surface area contributed by atoms with Gasteiger partial charge in [-0.2, -0.15) is 0 Å². The molecule has 3 rings (SSSR count). The van der Waals surface area contributed by atoms with Gasteiger partial charge in [-0.05, 0) is 19.1 Å². The number of hydrogen-bond acceptors (Lipinski definition) is 3. The number of fused-ring (bicyclic) bond motifs is 1. The molecule has 0 saturated heterocycles. The lowest BCUT2D eigenvalue weighted by Gasteiger charge is -2.06. The molecule has 0 radical (unpaired) electrons. The van der Waals surface area contributed by atoms with Gasteiger partial charge < -0.3 is 9.88 Å². The summed E-state index contributed by atoms with van der Waals surface area (Å²) in [6, 6.07) is 9.02. The molecule has 0 aliphatic heterocycles. The van der Waals surface area contributed by atoms with Crippen LogP contribution in [0, 0.1) is 6.92 Å². The molecule has 6 heteroatoms. The molecule has 5 nitrogen and oxygen atoms in total. The van der Waals surface area contributed by atoms with Crippen LogP contribution in [0.25, 0.3) is 11.0 Å². The summed E-state index contributed by atoms with van der Waals surface area (Å²) in [6.45, 7) is 1.97. The number of nitrogens with zero attached hydrogens (tertiary/aromatic N) is 3. The Labute approximate surface area is 126 Å². The summed E-state index contributed by atoms with van der Waals surface area (Å²) >= 11 is 6.00. The number of carbonyl (C=O) groups is 1. The van der Waals surface area contributed by atoms with Crippen molar-refractivity contribution in [1.82, 2.24) is 14.5 Å². The average molecular weight is 301 g/mol. The first-order valence-corrected chi connectivity index (χ1v) is 6.78. The molecule has 0 saturated carbocycles. The molecular weight excluding hydrogens is 288 g/mol. The van der Waals surface area contributed by atoms with Crippen molar-refractivity contribution in [3.63, 3.8) is 0 Å². The van der Waals surface area contributed by atoms with E-state index in [-0.39, 0.29) is 5.91 Å². The van der Waals surface area contributed by atoms with Crippen LogP contribution in [0.1, 0.15) is 15.9 Å². The third kappa shape index (κ3) is 2.60. The van der Waals surface area contributed by atoms with Crippen molar-refractivity contribution in [2.24, 2.45) is 7.05 Å². The molecule has 0 bridgehead atoms. The second-order valence-electron chi connectivity index (χ2n) is 4.84. The number of rotatable bonds is 2. The Hall–Kier alpha value is -2.40. The number of nitrogens with one attached hydrogen (secondary N) is 1. The summed E-state index contributed by atoms with van der Waals surface area (Å²) in [4.78, 5) is 20.7. The van der Waals surface area contributed by atoms with E-state index in [9.17, 15) is 4.79 Å². The monoisotopic (exact) mass is 300 g/mol. The Morgan fingerprint density at radius 2 is 2.00 bits per heavy atom. The minimum Gasteiger partial charge on any atom is -0.334 e. The van der Waals surface area contributed by atoms with E-state index in [1.54, 1.807) is 24.5 Å². The zero-order valence-corrected chi connectivity index (χ0v) is 12.3. The number of hydrogen-bond donors (Lipinski definition) is 1. The number of aryl methyl sites for hydroxylation is 2. The highest BCUT2D eigenvalue weighted by Crippen LogP contribution is 2.23. The van der Waals surface area contributed by atoms with E-state index >= 15 is 0 Å². The van der Waals surface area contributed by atoms with Crippen LogP contribution in [-0.2, 0) is 7.05 Å². The van der Waals surface area contributed by atoms with Crippen LogP contribution in [0.15, 0.2) is 36.7 Å². The first kappa shape index (κ1) is 13.6. The molecule has 0 spiro atoms. The molecule has 1 amide bonds. The minimum atomic E-state index is -0.239. The van der Waals surface area contributed by atoms with Gasteiger partial charge in [0.1, 0.15) is 10.7 Å². The molecule has 0 fully saturated rings. The van der Waals surface area contributed by atoms with Crippen LogP contribution in [-0.4, -0.2) is 20.4 Å². The fourth-order valence-electron chi connectivity index (χ4n) is 2.07. The SMILES string of the molecule is Cc1ccc(C(=O)Nc2nc(Cl)cc3c2ncn3C)cc1. The van der Waals surface area contributed by atoms with Gasteiger partial charge in [0, 0.05) is 18.7 Å². The topological polar surface area (TPSA) is 59.8 Å². The van der Waals surface area contributed by atoms with Gasteiger partial charge in [-0.1, -0.05) is 29.3 Å². The first-order chi connectivity index (χ1) is 10.0. The zero-order chi connectivity index (χ0) is 15.0. The molecule has 2 heterocycles. The third-order valence-corrected chi connectivity index (χ3v) is 3.42. The van der Waals surface area contributed by atoms with Gasteiger partial charge in [-0.25, -0.2) is 9.97 Å². The van der Waals surface area contributed by atoms with Crippen LogP contribution >= 0.6 is 11.6 Å². The van der Waals surface area contributed by atoms with Gasteiger partial charge in [0.15, 0.2) is 5.82 Å². The van der Waals surface area contributed by atoms with Crippen molar-refractivity contribution in [2.45, 2.75) is 6.92 Å². The predicted molar refractivity (Wildman–Crippen MR) is 82.7 cm³/mol. The van der Waals surface area contributed by atoms with E-state index in [2.05, 4.69) is 15.3 Å². The van der Waals surface area contributed by atoms with Gasteiger partial charge in [0.05, 0.1) is 11.8 Å².